The zero-order valence-corrected chi connectivity index (χ0v) is 12.2. The molecule has 0 saturated carbocycles. The zero-order chi connectivity index (χ0) is 13.8. The number of carbonyl (C=O) groups is 1. The summed E-state index contributed by atoms with van der Waals surface area (Å²) >= 11 is 0. The van der Waals surface area contributed by atoms with Gasteiger partial charge in [0, 0.05) is 31.6 Å². The van der Waals surface area contributed by atoms with Gasteiger partial charge in [-0.3, -0.25) is 4.79 Å². The monoisotopic (exact) mass is 256 g/mol. The largest absolute Gasteiger partial charge is 0.390 e. The third-order valence-electron chi connectivity index (χ3n) is 3.39. The van der Waals surface area contributed by atoms with Gasteiger partial charge in [-0.05, 0) is 39.5 Å². The molecule has 2 atom stereocenters. The molecule has 2 unspecified atom stereocenters. The van der Waals surface area contributed by atoms with Gasteiger partial charge in [-0.2, -0.15) is 0 Å². The molecule has 0 spiro atoms. The summed E-state index contributed by atoms with van der Waals surface area (Å²) in [5.41, 5.74) is -0.00170. The first-order valence-electron chi connectivity index (χ1n) is 6.99. The molecule has 0 aromatic rings. The summed E-state index contributed by atoms with van der Waals surface area (Å²) in [4.78, 5) is 13.7. The normalized spacial score (nSPS) is 23.9. The fourth-order valence-corrected chi connectivity index (χ4v) is 2.11. The van der Waals surface area contributed by atoms with E-state index in [1.807, 2.05) is 4.90 Å². The van der Waals surface area contributed by atoms with Crippen molar-refractivity contribution in [3.63, 3.8) is 0 Å². The lowest BCUT2D eigenvalue weighted by Crippen LogP contribution is -2.46. The molecule has 1 heterocycles. The van der Waals surface area contributed by atoms with Crippen LogP contribution in [-0.2, 0) is 4.79 Å². The van der Waals surface area contributed by atoms with Crippen LogP contribution in [0, 0.1) is 5.92 Å². The van der Waals surface area contributed by atoms with Gasteiger partial charge in [0.25, 0.3) is 0 Å². The van der Waals surface area contributed by atoms with E-state index in [0.717, 1.165) is 19.4 Å². The highest BCUT2D eigenvalue weighted by atomic mass is 16.3. The van der Waals surface area contributed by atoms with Gasteiger partial charge in [-0.25, -0.2) is 0 Å². The van der Waals surface area contributed by atoms with E-state index in [-0.39, 0.29) is 11.4 Å². The molecule has 0 aliphatic carbocycles. The van der Waals surface area contributed by atoms with E-state index in [4.69, 9.17) is 0 Å². The Labute approximate surface area is 111 Å². The molecule has 1 amide bonds. The van der Waals surface area contributed by atoms with Crippen molar-refractivity contribution in [2.45, 2.75) is 58.6 Å². The molecule has 0 radical (unpaired) electrons. The molecule has 2 N–H and O–H groups in total. The Morgan fingerprint density at radius 1 is 1.44 bits per heavy atom. The number of nitrogens with one attached hydrogen (secondary N) is 1. The van der Waals surface area contributed by atoms with Crippen LogP contribution in [0.4, 0.5) is 0 Å². The van der Waals surface area contributed by atoms with Crippen molar-refractivity contribution >= 4 is 5.91 Å². The number of likely N-dealkylation sites (tertiary alicyclic amines) is 1. The van der Waals surface area contributed by atoms with Crippen LogP contribution in [0.3, 0.4) is 0 Å². The summed E-state index contributed by atoms with van der Waals surface area (Å²) in [6, 6.07) is 0. The molecular formula is C14H28N2O2. The number of amides is 1. The summed E-state index contributed by atoms with van der Waals surface area (Å²) in [5.74, 6) is 0.804. The van der Waals surface area contributed by atoms with Gasteiger partial charge < -0.3 is 15.3 Å². The van der Waals surface area contributed by atoms with E-state index >= 15 is 0 Å². The third-order valence-corrected chi connectivity index (χ3v) is 3.39. The number of rotatable bonds is 4. The Bertz CT molecular complexity index is 273. The van der Waals surface area contributed by atoms with Crippen molar-refractivity contribution in [3.05, 3.63) is 0 Å². The molecule has 1 rings (SSSR count). The van der Waals surface area contributed by atoms with E-state index in [0.29, 0.717) is 25.4 Å². The number of aliphatic hydroxyl groups is 1. The molecule has 0 bridgehead atoms. The fourth-order valence-electron chi connectivity index (χ4n) is 2.11. The highest BCUT2D eigenvalue weighted by molar-refractivity contribution is 5.76. The Morgan fingerprint density at radius 2 is 2.11 bits per heavy atom. The van der Waals surface area contributed by atoms with Crippen LogP contribution in [0.2, 0.25) is 0 Å². The van der Waals surface area contributed by atoms with Gasteiger partial charge in [-0.1, -0.05) is 6.92 Å². The quantitative estimate of drug-likeness (QED) is 0.799. The lowest BCUT2D eigenvalue weighted by atomic mass is 10.0. The highest BCUT2D eigenvalue weighted by Gasteiger charge is 2.22. The van der Waals surface area contributed by atoms with Crippen LogP contribution in [0.15, 0.2) is 0 Å². The lowest BCUT2D eigenvalue weighted by molar-refractivity contribution is -0.132. The van der Waals surface area contributed by atoms with E-state index in [9.17, 15) is 9.90 Å². The summed E-state index contributed by atoms with van der Waals surface area (Å²) < 4.78 is 0. The van der Waals surface area contributed by atoms with Gasteiger partial charge in [0.1, 0.15) is 0 Å². The minimum absolute atomic E-state index is 0.00170. The van der Waals surface area contributed by atoms with E-state index < -0.39 is 6.10 Å². The SMILES string of the molecule is CC1CCC(=O)N(CC(O)CNC(C)(C)C)CC1. The van der Waals surface area contributed by atoms with Crippen molar-refractivity contribution < 1.29 is 9.90 Å². The topological polar surface area (TPSA) is 52.6 Å². The number of nitrogens with zero attached hydrogens (tertiary/aromatic N) is 1. The highest BCUT2D eigenvalue weighted by Crippen LogP contribution is 2.17. The van der Waals surface area contributed by atoms with Gasteiger partial charge >= 0.3 is 0 Å². The van der Waals surface area contributed by atoms with E-state index in [1.165, 1.54) is 0 Å². The van der Waals surface area contributed by atoms with Crippen molar-refractivity contribution in [2.24, 2.45) is 5.92 Å². The second kappa shape index (κ2) is 6.53. The second-order valence-corrected chi connectivity index (χ2v) is 6.56. The van der Waals surface area contributed by atoms with Gasteiger partial charge in [-0.15, -0.1) is 0 Å². The Kier molecular flexibility index (Phi) is 5.60. The van der Waals surface area contributed by atoms with Crippen LogP contribution in [0.1, 0.15) is 47.0 Å². The fraction of sp³-hybridized carbons (Fsp3) is 0.929. The Morgan fingerprint density at radius 3 is 2.72 bits per heavy atom. The zero-order valence-electron chi connectivity index (χ0n) is 12.2. The molecule has 1 aliphatic heterocycles. The van der Waals surface area contributed by atoms with Crippen LogP contribution in [0.5, 0.6) is 0 Å². The predicted octanol–water partition coefficient (Wildman–Crippen LogP) is 1.38. The first kappa shape index (κ1) is 15.4. The Hall–Kier alpha value is -0.610. The van der Waals surface area contributed by atoms with Crippen molar-refractivity contribution in [1.82, 2.24) is 10.2 Å². The standard InChI is InChI=1S/C14H28N2O2/c1-11-5-6-13(18)16(8-7-11)10-12(17)9-15-14(2,3)4/h11-12,15,17H,5-10H2,1-4H3. The number of hydrogen-bond donors (Lipinski definition) is 2. The first-order valence-corrected chi connectivity index (χ1v) is 6.99. The number of β-amino-alcohol motifs (C(OH)–C–C–N with tert-alkyl or cyclic N) is 1. The van der Waals surface area contributed by atoms with Crippen LogP contribution in [0.25, 0.3) is 0 Å². The molecule has 0 aromatic heterocycles. The smallest absolute Gasteiger partial charge is 0.222 e. The minimum atomic E-state index is -0.485. The van der Waals surface area contributed by atoms with Crippen molar-refractivity contribution in [2.75, 3.05) is 19.6 Å². The predicted molar refractivity (Wildman–Crippen MR) is 73.4 cm³/mol. The molecule has 1 saturated heterocycles. The molecule has 1 fully saturated rings. The second-order valence-electron chi connectivity index (χ2n) is 6.56. The van der Waals surface area contributed by atoms with Gasteiger partial charge in [0.15, 0.2) is 0 Å². The average Bonchev–Trinajstić information content (AvgIpc) is 2.41. The van der Waals surface area contributed by atoms with Gasteiger partial charge in [0.05, 0.1) is 6.10 Å². The Balaban J connectivity index is 2.38. The average molecular weight is 256 g/mol. The maximum atomic E-state index is 11.9. The molecule has 4 heteroatoms. The first-order chi connectivity index (χ1) is 8.28. The van der Waals surface area contributed by atoms with Crippen LogP contribution < -0.4 is 5.32 Å². The number of hydrogen-bond acceptors (Lipinski definition) is 3. The van der Waals surface area contributed by atoms with Crippen LogP contribution in [-0.4, -0.2) is 47.2 Å². The van der Waals surface area contributed by atoms with Crippen LogP contribution >= 0.6 is 0 Å². The van der Waals surface area contributed by atoms with Crippen molar-refractivity contribution in [3.8, 4) is 0 Å². The number of aliphatic hydroxyl groups excluding tert-OH is 1. The summed E-state index contributed by atoms with van der Waals surface area (Å²) in [7, 11) is 0. The minimum Gasteiger partial charge on any atom is -0.390 e. The summed E-state index contributed by atoms with van der Waals surface area (Å²) in [6.07, 6.45) is 2.17. The van der Waals surface area contributed by atoms with Crippen molar-refractivity contribution in [1.29, 1.82) is 0 Å². The molecule has 0 aromatic carbocycles. The third kappa shape index (κ3) is 5.83. The maximum Gasteiger partial charge on any atom is 0.222 e. The molecular weight excluding hydrogens is 228 g/mol. The molecule has 4 nitrogen and oxygen atoms in total. The lowest BCUT2D eigenvalue weighted by Gasteiger charge is -2.27. The molecule has 1 aliphatic rings. The summed E-state index contributed by atoms with van der Waals surface area (Å²) in [6.45, 7) is 10.2. The van der Waals surface area contributed by atoms with Gasteiger partial charge in [0.2, 0.25) is 5.91 Å². The molecule has 106 valence electrons. The maximum absolute atomic E-state index is 11.9. The van der Waals surface area contributed by atoms with E-state index in [1.54, 1.807) is 0 Å². The van der Waals surface area contributed by atoms with E-state index in [2.05, 4.69) is 33.0 Å². The number of carbonyl (C=O) groups excluding carboxylic acids is 1. The summed E-state index contributed by atoms with van der Waals surface area (Å²) in [5, 5.41) is 13.2. The molecule has 18 heavy (non-hydrogen) atoms.